The lowest BCUT2D eigenvalue weighted by molar-refractivity contribution is -0.384. The monoisotopic (exact) mass is 377 g/mol. The number of amides is 1. The Kier molecular flexibility index (Phi) is 5.59. The van der Waals surface area contributed by atoms with Crippen molar-refractivity contribution >= 4 is 17.8 Å². The van der Waals surface area contributed by atoms with Crippen LogP contribution in [0.25, 0.3) is 0 Å². The third-order valence-electron chi connectivity index (χ3n) is 4.29. The van der Waals surface area contributed by atoms with Gasteiger partial charge in [-0.15, -0.1) is 0 Å². The Morgan fingerprint density at radius 3 is 2.68 bits per heavy atom. The second-order valence-corrected chi connectivity index (χ2v) is 6.23. The smallest absolute Gasteiger partial charge is 0.267 e. The fourth-order valence-electron chi connectivity index (χ4n) is 2.79. The number of aromatic nitrogens is 2. The zero-order valence-corrected chi connectivity index (χ0v) is 15.5. The molecule has 1 aromatic heterocycles. The second kappa shape index (κ2) is 8.26. The first kappa shape index (κ1) is 19.0. The van der Waals surface area contributed by atoms with E-state index in [0.29, 0.717) is 6.54 Å². The molecule has 0 fully saturated rings. The summed E-state index contributed by atoms with van der Waals surface area (Å²) in [6.45, 7) is 4.45. The van der Waals surface area contributed by atoms with E-state index in [0.717, 1.165) is 22.5 Å². The van der Waals surface area contributed by atoms with Crippen molar-refractivity contribution in [3.05, 3.63) is 92.8 Å². The molecule has 0 atom stereocenters. The van der Waals surface area contributed by atoms with Gasteiger partial charge in [0.15, 0.2) is 0 Å². The van der Waals surface area contributed by atoms with E-state index in [9.17, 15) is 14.9 Å². The minimum atomic E-state index is -0.548. The number of aryl methyl sites for hydroxylation is 1. The Labute approximate surface area is 161 Å². The lowest BCUT2D eigenvalue weighted by Gasteiger charge is -2.04. The molecule has 8 nitrogen and oxygen atoms in total. The average molecular weight is 377 g/mol. The van der Waals surface area contributed by atoms with Crippen molar-refractivity contribution in [1.82, 2.24) is 15.2 Å². The number of nitro groups is 1. The molecule has 0 saturated carbocycles. The summed E-state index contributed by atoms with van der Waals surface area (Å²) in [5, 5.41) is 19.3. The summed E-state index contributed by atoms with van der Waals surface area (Å²) in [5.74, 6) is -0.521. The predicted molar refractivity (Wildman–Crippen MR) is 105 cm³/mol. The van der Waals surface area contributed by atoms with Crippen molar-refractivity contribution in [3.8, 4) is 0 Å². The maximum Gasteiger partial charge on any atom is 0.271 e. The van der Waals surface area contributed by atoms with Gasteiger partial charge in [-0.1, -0.05) is 36.4 Å². The van der Waals surface area contributed by atoms with Gasteiger partial charge in [-0.3, -0.25) is 19.6 Å². The molecule has 0 bridgehead atoms. The van der Waals surface area contributed by atoms with Crippen LogP contribution in [0.2, 0.25) is 0 Å². The Balaban J connectivity index is 1.71. The molecule has 0 aliphatic carbocycles. The first-order valence-corrected chi connectivity index (χ1v) is 8.61. The molecular weight excluding hydrogens is 358 g/mol. The summed E-state index contributed by atoms with van der Waals surface area (Å²) < 4.78 is 1.88. The summed E-state index contributed by atoms with van der Waals surface area (Å²) in [5.41, 5.74) is 6.09. The van der Waals surface area contributed by atoms with Gasteiger partial charge in [0.1, 0.15) is 0 Å². The van der Waals surface area contributed by atoms with E-state index in [4.69, 9.17) is 0 Å². The van der Waals surface area contributed by atoms with Gasteiger partial charge in [0.05, 0.1) is 23.4 Å². The minimum Gasteiger partial charge on any atom is -0.267 e. The number of benzene rings is 2. The van der Waals surface area contributed by atoms with Crippen LogP contribution in [0.4, 0.5) is 5.69 Å². The molecule has 8 heteroatoms. The number of carbonyl (C=O) groups excluding carboxylic acids is 1. The molecule has 2 aromatic carbocycles. The van der Waals surface area contributed by atoms with Crippen molar-refractivity contribution in [2.24, 2.45) is 5.10 Å². The van der Waals surface area contributed by atoms with Gasteiger partial charge in [-0.2, -0.15) is 10.2 Å². The van der Waals surface area contributed by atoms with E-state index in [1.54, 1.807) is 0 Å². The highest BCUT2D eigenvalue weighted by Crippen LogP contribution is 2.14. The molecule has 0 aliphatic heterocycles. The van der Waals surface area contributed by atoms with Crippen molar-refractivity contribution < 1.29 is 9.72 Å². The number of nitro benzene ring substituents is 1. The van der Waals surface area contributed by atoms with Gasteiger partial charge in [0.2, 0.25) is 0 Å². The molecule has 3 rings (SSSR count). The van der Waals surface area contributed by atoms with Crippen LogP contribution in [-0.4, -0.2) is 26.8 Å². The van der Waals surface area contributed by atoms with Gasteiger partial charge >= 0.3 is 0 Å². The molecule has 1 N–H and O–H groups in total. The zero-order chi connectivity index (χ0) is 20.1. The van der Waals surface area contributed by atoms with Crippen LogP contribution in [0.5, 0.6) is 0 Å². The average Bonchev–Trinajstić information content (AvgIpc) is 2.96. The SMILES string of the molecule is Cc1nn(Cc2ccccc2)c(C)c1/C=N/NC(=O)c1cccc([N+](=O)[O-])c1. The number of hydrazone groups is 1. The molecule has 0 radical (unpaired) electrons. The maximum absolute atomic E-state index is 12.2. The van der Waals surface area contributed by atoms with Gasteiger partial charge < -0.3 is 0 Å². The number of hydrogen-bond donors (Lipinski definition) is 1. The molecule has 1 amide bonds. The first-order valence-electron chi connectivity index (χ1n) is 8.61. The molecule has 0 saturated heterocycles. The summed E-state index contributed by atoms with van der Waals surface area (Å²) in [6.07, 6.45) is 1.54. The Morgan fingerprint density at radius 2 is 1.96 bits per heavy atom. The maximum atomic E-state index is 12.2. The Bertz CT molecular complexity index is 1040. The first-order chi connectivity index (χ1) is 13.5. The van der Waals surface area contributed by atoms with Crippen LogP contribution in [0.15, 0.2) is 59.7 Å². The summed E-state index contributed by atoms with van der Waals surface area (Å²) >= 11 is 0. The quantitative estimate of drug-likeness (QED) is 0.405. The molecule has 28 heavy (non-hydrogen) atoms. The normalized spacial score (nSPS) is 10.9. The molecule has 1 heterocycles. The van der Waals surface area contributed by atoms with Gasteiger partial charge in [0.25, 0.3) is 11.6 Å². The summed E-state index contributed by atoms with van der Waals surface area (Å²) in [7, 11) is 0. The van der Waals surface area contributed by atoms with E-state index < -0.39 is 10.8 Å². The van der Waals surface area contributed by atoms with Crippen LogP contribution in [-0.2, 0) is 6.54 Å². The van der Waals surface area contributed by atoms with Crippen LogP contribution in [0.1, 0.15) is 32.9 Å². The predicted octanol–water partition coefficient (Wildman–Crippen LogP) is 3.22. The Hall–Kier alpha value is -3.81. The van der Waals surface area contributed by atoms with Crippen molar-refractivity contribution in [2.75, 3.05) is 0 Å². The van der Waals surface area contributed by atoms with Crippen LogP contribution in [0, 0.1) is 24.0 Å². The highest BCUT2D eigenvalue weighted by atomic mass is 16.6. The number of carbonyl (C=O) groups is 1. The van der Waals surface area contributed by atoms with E-state index in [1.165, 1.54) is 30.5 Å². The standard InChI is InChI=1S/C20H19N5O3/c1-14-19(15(2)24(23-14)13-16-7-4-3-5-8-16)12-21-22-20(26)17-9-6-10-18(11-17)25(27)28/h3-12H,13H2,1-2H3,(H,22,26)/b21-12+. The van der Waals surface area contributed by atoms with E-state index >= 15 is 0 Å². The number of nitrogens with one attached hydrogen (secondary N) is 1. The van der Waals surface area contributed by atoms with Crippen LogP contribution in [0.3, 0.4) is 0 Å². The zero-order valence-electron chi connectivity index (χ0n) is 15.5. The lowest BCUT2D eigenvalue weighted by Crippen LogP contribution is -2.17. The van der Waals surface area contributed by atoms with E-state index in [1.807, 2.05) is 48.9 Å². The molecule has 0 aliphatic rings. The number of hydrogen-bond acceptors (Lipinski definition) is 5. The second-order valence-electron chi connectivity index (χ2n) is 6.23. The summed E-state index contributed by atoms with van der Waals surface area (Å²) in [4.78, 5) is 22.4. The highest BCUT2D eigenvalue weighted by Gasteiger charge is 2.12. The number of rotatable bonds is 6. The van der Waals surface area contributed by atoms with Crippen molar-refractivity contribution in [3.63, 3.8) is 0 Å². The fourth-order valence-corrected chi connectivity index (χ4v) is 2.79. The van der Waals surface area contributed by atoms with Gasteiger partial charge in [-0.05, 0) is 25.5 Å². The third-order valence-corrected chi connectivity index (χ3v) is 4.29. The topological polar surface area (TPSA) is 102 Å². The van der Waals surface area contributed by atoms with Gasteiger partial charge in [0, 0.05) is 29.0 Å². The van der Waals surface area contributed by atoms with E-state index in [-0.39, 0.29) is 11.3 Å². The van der Waals surface area contributed by atoms with Gasteiger partial charge in [-0.25, -0.2) is 5.43 Å². The molecule has 3 aromatic rings. The highest BCUT2D eigenvalue weighted by molar-refractivity contribution is 5.95. The minimum absolute atomic E-state index is 0.148. The number of nitrogens with zero attached hydrogens (tertiary/aromatic N) is 4. The van der Waals surface area contributed by atoms with Crippen LogP contribution < -0.4 is 5.43 Å². The third kappa shape index (κ3) is 4.29. The molecule has 0 spiro atoms. The van der Waals surface area contributed by atoms with Crippen molar-refractivity contribution in [2.45, 2.75) is 20.4 Å². The molecular formula is C20H19N5O3. The van der Waals surface area contributed by atoms with E-state index in [2.05, 4.69) is 15.6 Å². The largest absolute Gasteiger partial charge is 0.271 e. The van der Waals surface area contributed by atoms with Crippen LogP contribution >= 0.6 is 0 Å². The number of non-ortho nitro benzene ring substituents is 1. The Morgan fingerprint density at radius 1 is 1.21 bits per heavy atom. The van der Waals surface area contributed by atoms with Crippen molar-refractivity contribution in [1.29, 1.82) is 0 Å². The fraction of sp³-hybridized carbons (Fsp3) is 0.150. The molecule has 0 unspecified atom stereocenters. The summed E-state index contributed by atoms with van der Waals surface area (Å²) in [6, 6.07) is 15.5. The lowest BCUT2D eigenvalue weighted by atomic mass is 10.2. The molecule has 142 valence electrons.